The van der Waals surface area contributed by atoms with E-state index in [1.165, 1.54) is 4.70 Å². The van der Waals surface area contributed by atoms with Gasteiger partial charge in [-0.1, -0.05) is 12.1 Å². The number of benzene rings is 2. The van der Waals surface area contributed by atoms with E-state index in [9.17, 15) is 4.79 Å². The van der Waals surface area contributed by atoms with Gasteiger partial charge < -0.3 is 5.32 Å². The van der Waals surface area contributed by atoms with Crippen LogP contribution in [-0.4, -0.2) is 20.7 Å². The Morgan fingerprint density at radius 1 is 1.11 bits per heavy atom. The van der Waals surface area contributed by atoms with Crippen molar-refractivity contribution in [1.82, 2.24) is 14.8 Å². The van der Waals surface area contributed by atoms with Crippen molar-refractivity contribution in [2.75, 3.05) is 5.32 Å². The first-order valence-corrected chi connectivity index (χ1v) is 10.1. The number of amides is 1. The first-order valence-electron chi connectivity index (χ1n) is 9.26. The third kappa shape index (κ3) is 3.68. The van der Waals surface area contributed by atoms with Gasteiger partial charge in [0.05, 0.1) is 15.9 Å². The fraction of sp³-hybridized carbons (Fsp3) is 0.227. The molecule has 0 spiro atoms. The van der Waals surface area contributed by atoms with Crippen LogP contribution in [0.1, 0.15) is 23.4 Å². The van der Waals surface area contributed by atoms with Gasteiger partial charge in [0.1, 0.15) is 5.01 Å². The Bertz CT molecular complexity index is 1110. The summed E-state index contributed by atoms with van der Waals surface area (Å²) in [6.07, 6.45) is 1.13. The molecule has 28 heavy (non-hydrogen) atoms. The Hall–Kier alpha value is -2.99. The maximum atomic E-state index is 12.3. The van der Waals surface area contributed by atoms with Gasteiger partial charge in [0.25, 0.3) is 0 Å². The van der Waals surface area contributed by atoms with Gasteiger partial charge in [-0.2, -0.15) is 5.10 Å². The molecule has 1 amide bonds. The van der Waals surface area contributed by atoms with Crippen LogP contribution in [0.3, 0.4) is 0 Å². The second-order valence-corrected chi connectivity index (χ2v) is 7.92. The number of rotatable bonds is 5. The molecule has 2 aromatic carbocycles. The number of carbonyl (C=O) groups is 1. The summed E-state index contributed by atoms with van der Waals surface area (Å²) in [6.45, 7) is 4.02. The fourth-order valence-electron chi connectivity index (χ4n) is 3.33. The van der Waals surface area contributed by atoms with E-state index in [1.807, 2.05) is 68.0 Å². The van der Waals surface area contributed by atoms with Crippen molar-refractivity contribution in [3.63, 3.8) is 0 Å². The van der Waals surface area contributed by atoms with Crippen LogP contribution in [0.25, 0.3) is 20.8 Å². The van der Waals surface area contributed by atoms with E-state index in [4.69, 9.17) is 0 Å². The third-order valence-corrected chi connectivity index (χ3v) is 6.06. The second-order valence-electron chi connectivity index (χ2n) is 6.89. The number of aromatic nitrogens is 3. The quantitative estimate of drug-likeness (QED) is 0.528. The van der Waals surface area contributed by atoms with Crippen molar-refractivity contribution in [2.45, 2.75) is 26.7 Å². The lowest BCUT2D eigenvalue weighted by Gasteiger charge is -2.06. The summed E-state index contributed by atoms with van der Waals surface area (Å²) in [6, 6.07) is 16.0. The van der Waals surface area contributed by atoms with Crippen LogP contribution in [0, 0.1) is 13.8 Å². The number of anilines is 1. The number of hydrogen-bond donors (Lipinski definition) is 1. The molecule has 142 valence electrons. The average Bonchev–Trinajstić information content (AvgIpc) is 3.22. The lowest BCUT2D eigenvalue weighted by atomic mass is 10.1. The van der Waals surface area contributed by atoms with Gasteiger partial charge in [-0.25, -0.2) is 4.98 Å². The van der Waals surface area contributed by atoms with Crippen LogP contribution in [0.5, 0.6) is 0 Å². The molecule has 0 aliphatic heterocycles. The maximum Gasteiger partial charge on any atom is 0.224 e. The molecule has 0 saturated carbocycles. The molecule has 0 radical (unpaired) electrons. The van der Waals surface area contributed by atoms with E-state index in [1.54, 1.807) is 11.3 Å². The van der Waals surface area contributed by atoms with Crippen molar-refractivity contribution < 1.29 is 4.79 Å². The van der Waals surface area contributed by atoms with E-state index in [0.29, 0.717) is 12.8 Å². The molecule has 2 aromatic heterocycles. The van der Waals surface area contributed by atoms with Gasteiger partial charge in [-0.15, -0.1) is 11.3 Å². The normalized spacial score (nSPS) is 11.1. The summed E-state index contributed by atoms with van der Waals surface area (Å²) in [5.41, 5.74) is 6.14. The number of fused-ring (bicyclic) bond motifs is 1. The Morgan fingerprint density at radius 2 is 1.86 bits per heavy atom. The van der Waals surface area contributed by atoms with Gasteiger partial charge in [-0.3, -0.25) is 9.48 Å². The zero-order chi connectivity index (χ0) is 19.7. The van der Waals surface area contributed by atoms with E-state index in [2.05, 4.69) is 21.5 Å². The minimum absolute atomic E-state index is 0.00962. The topological polar surface area (TPSA) is 59.8 Å². The summed E-state index contributed by atoms with van der Waals surface area (Å²) >= 11 is 1.67. The lowest BCUT2D eigenvalue weighted by molar-refractivity contribution is -0.116. The van der Waals surface area contributed by atoms with Crippen molar-refractivity contribution in [3.05, 3.63) is 65.5 Å². The molecule has 5 nitrogen and oxygen atoms in total. The van der Waals surface area contributed by atoms with Crippen LogP contribution in [0.4, 0.5) is 5.69 Å². The predicted octanol–water partition coefficient (Wildman–Crippen LogP) is 4.88. The van der Waals surface area contributed by atoms with Gasteiger partial charge in [0.2, 0.25) is 5.91 Å². The molecule has 0 aliphatic rings. The summed E-state index contributed by atoms with van der Waals surface area (Å²) in [5, 5.41) is 8.37. The standard InChI is InChI=1S/C22H22N4OS/c1-14-18(15(2)26(3)25-14)12-13-21(27)23-17-10-8-16(9-11-17)22-24-19-6-4-5-7-20(19)28-22/h4-11H,12-13H2,1-3H3,(H,23,27). The Kier molecular flexibility index (Phi) is 4.96. The van der Waals surface area contributed by atoms with Gasteiger partial charge in [0.15, 0.2) is 0 Å². The SMILES string of the molecule is Cc1nn(C)c(C)c1CCC(=O)Nc1ccc(-c2nc3ccccc3s2)cc1. The van der Waals surface area contributed by atoms with Crippen LogP contribution in [-0.2, 0) is 18.3 Å². The molecule has 1 N–H and O–H groups in total. The van der Waals surface area contributed by atoms with Crippen molar-refractivity contribution in [1.29, 1.82) is 0 Å². The van der Waals surface area contributed by atoms with Crippen LogP contribution >= 0.6 is 11.3 Å². The highest BCUT2D eigenvalue weighted by atomic mass is 32.1. The van der Waals surface area contributed by atoms with E-state index in [0.717, 1.165) is 38.7 Å². The second kappa shape index (κ2) is 7.56. The molecule has 0 bridgehead atoms. The van der Waals surface area contributed by atoms with Crippen molar-refractivity contribution in [3.8, 4) is 10.6 Å². The number of para-hydroxylation sites is 1. The summed E-state index contributed by atoms with van der Waals surface area (Å²) < 4.78 is 3.04. The largest absolute Gasteiger partial charge is 0.326 e. The summed E-state index contributed by atoms with van der Waals surface area (Å²) in [5.74, 6) is 0.00962. The molecule has 0 saturated heterocycles. The highest BCUT2D eigenvalue weighted by Crippen LogP contribution is 2.30. The Balaban J connectivity index is 1.40. The molecule has 0 fully saturated rings. The molecule has 0 atom stereocenters. The number of carbonyl (C=O) groups excluding carboxylic acids is 1. The van der Waals surface area contributed by atoms with Gasteiger partial charge >= 0.3 is 0 Å². The summed E-state index contributed by atoms with van der Waals surface area (Å²) in [7, 11) is 1.93. The molecule has 4 aromatic rings. The smallest absolute Gasteiger partial charge is 0.224 e. The van der Waals surface area contributed by atoms with Crippen molar-refractivity contribution >= 4 is 33.1 Å². The third-order valence-electron chi connectivity index (χ3n) is 4.97. The molecular weight excluding hydrogens is 368 g/mol. The number of aryl methyl sites for hydroxylation is 2. The number of nitrogens with one attached hydrogen (secondary N) is 1. The first kappa shape index (κ1) is 18.4. The predicted molar refractivity (Wildman–Crippen MR) is 115 cm³/mol. The number of nitrogens with zero attached hydrogens (tertiary/aromatic N) is 3. The highest BCUT2D eigenvalue weighted by molar-refractivity contribution is 7.21. The monoisotopic (exact) mass is 390 g/mol. The lowest BCUT2D eigenvalue weighted by Crippen LogP contribution is -2.12. The molecule has 6 heteroatoms. The minimum atomic E-state index is 0.00962. The van der Waals surface area contributed by atoms with E-state index in [-0.39, 0.29) is 5.91 Å². The summed E-state index contributed by atoms with van der Waals surface area (Å²) in [4.78, 5) is 17.0. The Morgan fingerprint density at radius 3 is 2.54 bits per heavy atom. The van der Waals surface area contributed by atoms with Gasteiger partial charge in [-0.05, 0) is 62.2 Å². The minimum Gasteiger partial charge on any atom is -0.326 e. The fourth-order valence-corrected chi connectivity index (χ4v) is 4.30. The van der Waals surface area contributed by atoms with E-state index < -0.39 is 0 Å². The van der Waals surface area contributed by atoms with E-state index >= 15 is 0 Å². The average molecular weight is 391 g/mol. The molecule has 0 aliphatic carbocycles. The van der Waals surface area contributed by atoms with Gasteiger partial charge in [0, 0.05) is 30.4 Å². The zero-order valence-electron chi connectivity index (χ0n) is 16.2. The molecule has 0 unspecified atom stereocenters. The first-order chi connectivity index (χ1) is 13.5. The molecule has 2 heterocycles. The number of thiazole rings is 1. The van der Waals surface area contributed by atoms with Crippen molar-refractivity contribution in [2.24, 2.45) is 7.05 Å². The Labute approximate surface area is 168 Å². The van der Waals surface area contributed by atoms with Crippen LogP contribution < -0.4 is 5.32 Å². The van der Waals surface area contributed by atoms with Crippen LogP contribution in [0.15, 0.2) is 48.5 Å². The highest BCUT2D eigenvalue weighted by Gasteiger charge is 2.12. The van der Waals surface area contributed by atoms with Crippen LogP contribution in [0.2, 0.25) is 0 Å². The maximum absolute atomic E-state index is 12.3. The zero-order valence-corrected chi connectivity index (χ0v) is 17.0. The molecular formula is C22H22N4OS. The molecule has 4 rings (SSSR count). The number of hydrogen-bond acceptors (Lipinski definition) is 4.